The van der Waals surface area contributed by atoms with Crippen LogP contribution in [0.25, 0.3) is 0 Å². The molecule has 0 aliphatic heterocycles. The lowest BCUT2D eigenvalue weighted by Crippen LogP contribution is -1.93. The SMILES string of the molecule is CC(C)(C)C.S. The van der Waals surface area contributed by atoms with Crippen molar-refractivity contribution in [3.63, 3.8) is 0 Å². The molecule has 0 aromatic heterocycles. The Kier molecular flexibility index (Phi) is 4.02. The fourth-order valence-electron chi connectivity index (χ4n) is 0. The van der Waals surface area contributed by atoms with E-state index in [0.29, 0.717) is 5.41 Å². The van der Waals surface area contributed by atoms with Gasteiger partial charge in [-0.1, -0.05) is 27.7 Å². The topological polar surface area (TPSA) is 0 Å². The molecule has 0 aromatic rings. The van der Waals surface area contributed by atoms with Gasteiger partial charge in [-0.05, 0) is 5.41 Å². The molecule has 0 spiro atoms. The van der Waals surface area contributed by atoms with Crippen LogP contribution >= 0.6 is 13.5 Å². The second-order valence-electron chi connectivity index (χ2n) is 3.00. The van der Waals surface area contributed by atoms with Gasteiger partial charge in [0.25, 0.3) is 0 Å². The van der Waals surface area contributed by atoms with Crippen LogP contribution in [0.1, 0.15) is 27.7 Å². The highest BCUT2D eigenvalue weighted by Crippen LogP contribution is 2.07. The number of hydrogen-bond acceptors (Lipinski definition) is 0. The Bertz CT molecular complexity index is 19.4. The largest absolute Gasteiger partial charge is 0.197 e. The van der Waals surface area contributed by atoms with Gasteiger partial charge < -0.3 is 0 Å². The van der Waals surface area contributed by atoms with Crippen LogP contribution in [0.3, 0.4) is 0 Å². The van der Waals surface area contributed by atoms with Gasteiger partial charge in [0.15, 0.2) is 0 Å². The summed E-state index contributed by atoms with van der Waals surface area (Å²) in [5, 5.41) is 0. The van der Waals surface area contributed by atoms with Crippen molar-refractivity contribution in [1.82, 2.24) is 0 Å². The molecule has 0 saturated heterocycles. The molecule has 0 nitrogen and oxygen atoms in total. The van der Waals surface area contributed by atoms with E-state index >= 15 is 0 Å². The summed E-state index contributed by atoms with van der Waals surface area (Å²) >= 11 is 0. The molecule has 0 aromatic carbocycles. The predicted molar refractivity (Wildman–Crippen MR) is 35.5 cm³/mol. The van der Waals surface area contributed by atoms with Crippen LogP contribution in [0.2, 0.25) is 0 Å². The van der Waals surface area contributed by atoms with E-state index in [0.717, 1.165) is 0 Å². The molecule has 0 aliphatic rings. The lowest BCUT2D eigenvalue weighted by molar-refractivity contribution is 0.469. The third-order valence-corrected chi connectivity index (χ3v) is 0. The van der Waals surface area contributed by atoms with Crippen molar-refractivity contribution in [2.45, 2.75) is 27.7 Å². The highest BCUT2D eigenvalue weighted by Gasteiger charge is 1.95. The van der Waals surface area contributed by atoms with Crippen molar-refractivity contribution < 1.29 is 0 Å². The van der Waals surface area contributed by atoms with Gasteiger partial charge in [-0.2, -0.15) is 13.5 Å². The summed E-state index contributed by atoms with van der Waals surface area (Å²) in [6, 6.07) is 0. The third kappa shape index (κ3) is 399. The average molecular weight is 106 g/mol. The number of rotatable bonds is 0. The van der Waals surface area contributed by atoms with Gasteiger partial charge in [0.2, 0.25) is 0 Å². The maximum atomic E-state index is 2.19. The first-order valence-corrected chi connectivity index (χ1v) is 2.00. The second kappa shape index (κ2) is 2.51. The van der Waals surface area contributed by atoms with E-state index < -0.39 is 0 Å². The minimum absolute atomic E-state index is 0. The summed E-state index contributed by atoms with van der Waals surface area (Å²) in [7, 11) is 0. The van der Waals surface area contributed by atoms with Crippen molar-refractivity contribution >= 4 is 13.5 Å². The molecule has 0 atom stereocenters. The van der Waals surface area contributed by atoms with Crippen LogP contribution in [0.15, 0.2) is 0 Å². The first-order valence-electron chi connectivity index (χ1n) is 2.00. The van der Waals surface area contributed by atoms with Crippen molar-refractivity contribution in [3.8, 4) is 0 Å². The van der Waals surface area contributed by atoms with Gasteiger partial charge in [-0.15, -0.1) is 0 Å². The molecule has 0 aliphatic carbocycles. The quantitative estimate of drug-likeness (QED) is 0.444. The Morgan fingerprint density at radius 3 is 0.833 bits per heavy atom. The maximum absolute atomic E-state index is 2.19. The minimum atomic E-state index is 0. The molecule has 0 radical (unpaired) electrons. The van der Waals surface area contributed by atoms with Crippen molar-refractivity contribution in [2.75, 3.05) is 0 Å². The van der Waals surface area contributed by atoms with Crippen LogP contribution in [0, 0.1) is 5.41 Å². The predicted octanol–water partition coefficient (Wildman–Crippen LogP) is 2.17. The normalized spacial score (nSPS) is 10.0. The van der Waals surface area contributed by atoms with E-state index in [1.165, 1.54) is 0 Å². The smallest absolute Gasteiger partial charge is 0.0411 e. The molecule has 0 amide bonds. The Labute approximate surface area is 47.4 Å². The van der Waals surface area contributed by atoms with Gasteiger partial charge in [-0.3, -0.25) is 0 Å². The molecular formula is C5H14S. The summed E-state index contributed by atoms with van der Waals surface area (Å²) in [4.78, 5) is 0. The first-order chi connectivity index (χ1) is 2.00. The molecular weight excluding hydrogens is 92.1 g/mol. The summed E-state index contributed by atoms with van der Waals surface area (Å²) in [6.07, 6.45) is 0. The Balaban J connectivity index is 0. The highest BCUT2D eigenvalue weighted by atomic mass is 32.1. The molecule has 0 saturated carbocycles. The molecule has 0 fully saturated rings. The van der Waals surface area contributed by atoms with Crippen LogP contribution in [0.5, 0.6) is 0 Å². The zero-order valence-electron chi connectivity index (χ0n) is 5.00. The van der Waals surface area contributed by atoms with E-state index in [4.69, 9.17) is 0 Å². The summed E-state index contributed by atoms with van der Waals surface area (Å²) in [6.45, 7) is 8.75. The summed E-state index contributed by atoms with van der Waals surface area (Å²) < 4.78 is 0. The Morgan fingerprint density at radius 1 is 0.833 bits per heavy atom. The molecule has 0 unspecified atom stereocenters. The molecule has 6 heavy (non-hydrogen) atoms. The van der Waals surface area contributed by atoms with Gasteiger partial charge in [-0.25, -0.2) is 0 Å². The zero-order valence-corrected chi connectivity index (χ0v) is 6.00. The molecule has 0 bridgehead atoms. The monoisotopic (exact) mass is 106 g/mol. The lowest BCUT2D eigenvalue weighted by atomic mass is 10.0. The van der Waals surface area contributed by atoms with Gasteiger partial charge in [0, 0.05) is 0 Å². The van der Waals surface area contributed by atoms with Crippen molar-refractivity contribution in [2.24, 2.45) is 5.41 Å². The summed E-state index contributed by atoms with van der Waals surface area (Å²) in [5.74, 6) is 0. The molecule has 40 valence electrons. The highest BCUT2D eigenvalue weighted by molar-refractivity contribution is 7.59. The minimum Gasteiger partial charge on any atom is -0.197 e. The molecule has 0 rings (SSSR count). The van der Waals surface area contributed by atoms with Gasteiger partial charge in [0.05, 0.1) is 0 Å². The molecule has 0 N–H and O–H groups in total. The van der Waals surface area contributed by atoms with Gasteiger partial charge in [0.1, 0.15) is 0 Å². The molecule has 0 heterocycles. The average Bonchev–Trinajstić information content (AvgIpc) is 0.722. The van der Waals surface area contributed by atoms with E-state index in [2.05, 4.69) is 27.7 Å². The van der Waals surface area contributed by atoms with Crippen molar-refractivity contribution in [3.05, 3.63) is 0 Å². The van der Waals surface area contributed by atoms with Crippen LogP contribution in [-0.2, 0) is 0 Å². The van der Waals surface area contributed by atoms with E-state index in [-0.39, 0.29) is 13.5 Å². The zero-order chi connectivity index (χ0) is 4.50. The fourth-order valence-corrected chi connectivity index (χ4v) is 0. The third-order valence-electron chi connectivity index (χ3n) is 0. The first kappa shape index (κ1) is 9.61. The standard InChI is InChI=1S/C5H12.H2S/c1-5(2,3)4;/h1-4H3;1H2. The van der Waals surface area contributed by atoms with Gasteiger partial charge >= 0.3 is 0 Å². The van der Waals surface area contributed by atoms with Crippen LogP contribution in [0.4, 0.5) is 0 Å². The lowest BCUT2D eigenvalue weighted by Gasteiger charge is -2.05. The number of hydrogen-bond donors (Lipinski definition) is 0. The van der Waals surface area contributed by atoms with E-state index in [1.54, 1.807) is 0 Å². The van der Waals surface area contributed by atoms with Crippen LogP contribution < -0.4 is 0 Å². The van der Waals surface area contributed by atoms with E-state index in [1.807, 2.05) is 0 Å². The molecule has 1 heteroatoms. The maximum Gasteiger partial charge on any atom is -0.0411 e. The van der Waals surface area contributed by atoms with Crippen molar-refractivity contribution in [1.29, 1.82) is 0 Å². The second-order valence-corrected chi connectivity index (χ2v) is 3.00. The van der Waals surface area contributed by atoms with Crippen LogP contribution in [-0.4, -0.2) is 0 Å². The summed E-state index contributed by atoms with van der Waals surface area (Å²) in [5.41, 5.74) is 0.500. The Morgan fingerprint density at radius 2 is 0.833 bits per heavy atom. The Hall–Kier alpha value is 0.350. The van der Waals surface area contributed by atoms with E-state index in [9.17, 15) is 0 Å². The fraction of sp³-hybridized carbons (Fsp3) is 1.00.